The van der Waals surface area contributed by atoms with Gasteiger partial charge in [0.2, 0.25) is 0 Å². The minimum Gasteiger partial charge on any atom is -0.465 e. The molecule has 1 atom stereocenters. The Balaban J connectivity index is 1.94. The lowest BCUT2D eigenvalue weighted by atomic mass is 10.2. The second-order valence-electron chi connectivity index (χ2n) is 4.60. The number of likely N-dealkylation sites (tertiary alicyclic amines) is 1. The predicted octanol–water partition coefficient (Wildman–Crippen LogP) is 1.35. The third-order valence-electron chi connectivity index (χ3n) is 3.18. The minimum absolute atomic E-state index is 0.138. The Morgan fingerprint density at radius 2 is 2.47 bits per heavy atom. The van der Waals surface area contributed by atoms with Crippen molar-refractivity contribution in [2.75, 3.05) is 20.3 Å². The molecule has 19 heavy (non-hydrogen) atoms. The van der Waals surface area contributed by atoms with Crippen molar-refractivity contribution < 1.29 is 18.8 Å². The SMILES string of the molecule is CCOC(=O)C1CCCN1Cc1cc(COC)on1. The quantitative estimate of drug-likeness (QED) is 0.726. The maximum Gasteiger partial charge on any atom is 0.323 e. The van der Waals surface area contributed by atoms with Gasteiger partial charge in [0.15, 0.2) is 5.76 Å². The van der Waals surface area contributed by atoms with E-state index in [1.807, 2.05) is 13.0 Å². The summed E-state index contributed by atoms with van der Waals surface area (Å²) in [5.41, 5.74) is 0.822. The molecule has 1 aromatic heterocycles. The van der Waals surface area contributed by atoms with E-state index < -0.39 is 0 Å². The standard InChI is InChI=1S/C13H20N2O4/c1-3-18-13(16)12-5-4-6-15(12)8-10-7-11(9-17-2)19-14-10/h7,12H,3-6,8-9H2,1-2H3. The lowest BCUT2D eigenvalue weighted by Crippen LogP contribution is -2.36. The van der Waals surface area contributed by atoms with E-state index in [-0.39, 0.29) is 12.0 Å². The average molecular weight is 268 g/mol. The number of ether oxygens (including phenoxy) is 2. The van der Waals surface area contributed by atoms with Crippen molar-refractivity contribution in [2.24, 2.45) is 0 Å². The summed E-state index contributed by atoms with van der Waals surface area (Å²) in [6.07, 6.45) is 1.86. The molecule has 0 radical (unpaired) electrons. The van der Waals surface area contributed by atoms with Crippen molar-refractivity contribution in [3.8, 4) is 0 Å². The first-order valence-electron chi connectivity index (χ1n) is 6.58. The van der Waals surface area contributed by atoms with Gasteiger partial charge in [0.25, 0.3) is 0 Å². The Morgan fingerprint density at radius 3 is 3.21 bits per heavy atom. The third-order valence-corrected chi connectivity index (χ3v) is 3.18. The highest BCUT2D eigenvalue weighted by Crippen LogP contribution is 2.21. The Labute approximate surface area is 112 Å². The Bertz CT molecular complexity index is 419. The minimum atomic E-state index is -0.150. The zero-order chi connectivity index (χ0) is 13.7. The van der Waals surface area contributed by atoms with Gasteiger partial charge in [0.1, 0.15) is 12.6 Å². The maximum atomic E-state index is 11.8. The smallest absolute Gasteiger partial charge is 0.323 e. The van der Waals surface area contributed by atoms with Crippen LogP contribution in [0.15, 0.2) is 10.6 Å². The van der Waals surface area contributed by atoms with Gasteiger partial charge in [-0.1, -0.05) is 5.16 Å². The van der Waals surface area contributed by atoms with Crippen LogP contribution in [0.3, 0.4) is 0 Å². The van der Waals surface area contributed by atoms with E-state index in [4.69, 9.17) is 14.0 Å². The number of aromatic nitrogens is 1. The molecule has 6 nitrogen and oxygen atoms in total. The lowest BCUT2D eigenvalue weighted by molar-refractivity contribution is -0.148. The van der Waals surface area contributed by atoms with Gasteiger partial charge in [-0.3, -0.25) is 9.69 Å². The van der Waals surface area contributed by atoms with Crippen molar-refractivity contribution in [1.29, 1.82) is 0 Å². The molecule has 1 unspecified atom stereocenters. The Hall–Kier alpha value is -1.40. The van der Waals surface area contributed by atoms with Gasteiger partial charge in [-0.2, -0.15) is 0 Å². The molecular weight excluding hydrogens is 248 g/mol. The number of methoxy groups -OCH3 is 1. The molecule has 0 saturated carbocycles. The molecule has 1 fully saturated rings. The van der Waals surface area contributed by atoms with E-state index in [0.717, 1.165) is 25.1 Å². The zero-order valence-corrected chi connectivity index (χ0v) is 11.4. The first-order chi connectivity index (χ1) is 9.24. The van der Waals surface area contributed by atoms with E-state index in [0.29, 0.717) is 25.5 Å². The topological polar surface area (TPSA) is 64.8 Å². The molecule has 1 saturated heterocycles. The molecule has 0 N–H and O–H groups in total. The molecule has 0 bridgehead atoms. The molecule has 2 heterocycles. The molecule has 1 aromatic rings. The number of carbonyl (C=O) groups is 1. The van der Waals surface area contributed by atoms with Crippen LogP contribution in [0, 0.1) is 0 Å². The highest BCUT2D eigenvalue weighted by Gasteiger charge is 2.32. The molecule has 0 aliphatic carbocycles. The first-order valence-corrected chi connectivity index (χ1v) is 6.58. The second kappa shape index (κ2) is 6.68. The molecular formula is C13H20N2O4. The molecule has 0 aromatic carbocycles. The summed E-state index contributed by atoms with van der Waals surface area (Å²) in [7, 11) is 1.61. The summed E-state index contributed by atoms with van der Waals surface area (Å²) in [6.45, 7) is 4.15. The van der Waals surface area contributed by atoms with Gasteiger partial charge in [0, 0.05) is 19.7 Å². The van der Waals surface area contributed by atoms with Gasteiger partial charge in [-0.05, 0) is 26.3 Å². The fraction of sp³-hybridized carbons (Fsp3) is 0.692. The summed E-state index contributed by atoms with van der Waals surface area (Å²) in [4.78, 5) is 13.9. The van der Waals surface area contributed by atoms with Crippen molar-refractivity contribution >= 4 is 5.97 Å². The van der Waals surface area contributed by atoms with Gasteiger partial charge >= 0.3 is 5.97 Å². The number of rotatable bonds is 6. The second-order valence-corrected chi connectivity index (χ2v) is 4.60. The summed E-state index contributed by atoms with van der Waals surface area (Å²) < 4.78 is 15.2. The summed E-state index contributed by atoms with van der Waals surface area (Å²) in [6, 6.07) is 1.71. The van der Waals surface area contributed by atoms with Crippen LogP contribution < -0.4 is 0 Å². The van der Waals surface area contributed by atoms with E-state index in [9.17, 15) is 4.79 Å². The van der Waals surface area contributed by atoms with E-state index in [1.54, 1.807) is 7.11 Å². The zero-order valence-electron chi connectivity index (χ0n) is 11.4. The van der Waals surface area contributed by atoms with Crippen LogP contribution in [-0.4, -0.2) is 42.3 Å². The van der Waals surface area contributed by atoms with Crippen LogP contribution in [-0.2, 0) is 27.4 Å². The average Bonchev–Trinajstić information content (AvgIpc) is 3.00. The summed E-state index contributed by atoms with van der Waals surface area (Å²) in [5.74, 6) is 0.560. The van der Waals surface area contributed by atoms with Gasteiger partial charge in [0.05, 0.1) is 12.3 Å². The number of nitrogens with zero attached hydrogens (tertiary/aromatic N) is 2. The van der Waals surface area contributed by atoms with Crippen LogP contribution in [0.1, 0.15) is 31.2 Å². The molecule has 0 spiro atoms. The lowest BCUT2D eigenvalue weighted by Gasteiger charge is -2.21. The van der Waals surface area contributed by atoms with Crippen molar-refractivity contribution in [3.05, 3.63) is 17.5 Å². The van der Waals surface area contributed by atoms with Crippen molar-refractivity contribution in [1.82, 2.24) is 10.1 Å². The van der Waals surface area contributed by atoms with E-state index >= 15 is 0 Å². The Kier molecular flexibility index (Phi) is 4.93. The van der Waals surface area contributed by atoms with Gasteiger partial charge in [-0.15, -0.1) is 0 Å². The van der Waals surface area contributed by atoms with Crippen LogP contribution in [0.25, 0.3) is 0 Å². The largest absolute Gasteiger partial charge is 0.465 e. The summed E-state index contributed by atoms with van der Waals surface area (Å²) in [5, 5.41) is 3.99. The van der Waals surface area contributed by atoms with Crippen LogP contribution in [0.2, 0.25) is 0 Å². The molecule has 2 rings (SSSR count). The molecule has 0 amide bonds. The van der Waals surface area contributed by atoms with E-state index in [2.05, 4.69) is 10.1 Å². The van der Waals surface area contributed by atoms with Crippen molar-refractivity contribution in [2.45, 2.75) is 39.0 Å². The fourth-order valence-corrected chi connectivity index (χ4v) is 2.37. The van der Waals surface area contributed by atoms with E-state index in [1.165, 1.54) is 0 Å². The van der Waals surface area contributed by atoms with Gasteiger partial charge < -0.3 is 14.0 Å². The van der Waals surface area contributed by atoms with Gasteiger partial charge in [-0.25, -0.2) is 0 Å². The molecule has 6 heteroatoms. The maximum absolute atomic E-state index is 11.8. The summed E-state index contributed by atoms with van der Waals surface area (Å²) >= 11 is 0. The van der Waals surface area contributed by atoms with Crippen LogP contribution in [0.5, 0.6) is 0 Å². The Morgan fingerprint density at radius 1 is 1.63 bits per heavy atom. The van der Waals surface area contributed by atoms with Crippen molar-refractivity contribution in [3.63, 3.8) is 0 Å². The number of esters is 1. The molecule has 106 valence electrons. The highest BCUT2D eigenvalue weighted by molar-refractivity contribution is 5.76. The molecule has 1 aliphatic heterocycles. The predicted molar refractivity (Wildman–Crippen MR) is 67.3 cm³/mol. The third kappa shape index (κ3) is 3.54. The van der Waals surface area contributed by atoms with Crippen LogP contribution in [0.4, 0.5) is 0 Å². The number of hydrogen-bond donors (Lipinski definition) is 0. The number of carbonyl (C=O) groups excluding carboxylic acids is 1. The number of hydrogen-bond acceptors (Lipinski definition) is 6. The first kappa shape index (κ1) is 14.0. The fourth-order valence-electron chi connectivity index (χ4n) is 2.37. The van der Waals surface area contributed by atoms with Crippen LogP contribution >= 0.6 is 0 Å². The normalized spacial score (nSPS) is 19.8. The molecule has 1 aliphatic rings. The highest BCUT2D eigenvalue weighted by atomic mass is 16.5. The monoisotopic (exact) mass is 268 g/mol.